The number of hydrogen-bond donors (Lipinski definition) is 2. The number of rotatable bonds is 7. The molecule has 1 heterocycles. The molecule has 112 valence electrons. The van der Waals surface area contributed by atoms with Crippen LogP contribution < -0.4 is 5.32 Å². The van der Waals surface area contributed by atoms with Crippen molar-refractivity contribution in [2.75, 3.05) is 26.2 Å². The summed E-state index contributed by atoms with van der Waals surface area (Å²) >= 11 is 0. The maximum Gasteiger partial charge on any atom is 0.0555 e. The van der Waals surface area contributed by atoms with E-state index in [0.717, 1.165) is 19.0 Å². The fourth-order valence-corrected chi connectivity index (χ4v) is 3.86. The molecule has 2 N–H and O–H groups in total. The zero-order valence-electron chi connectivity index (χ0n) is 13.2. The molecule has 0 saturated carbocycles. The first-order chi connectivity index (χ1) is 8.83. The highest BCUT2D eigenvalue weighted by Gasteiger charge is 2.44. The lowest BCUT2D eigenvalue weighted by molar-refractivity contribution is -0.0437. The fraction of sp³-hybridized carbons (Fsp3) is 0.875. The van der Waals surface area contributed by atoms with E-state index in [1.54, 1.807) is 0 Å². The minimum atomic E-state index is 0.231. The summed E-state index contributed by atoms with van der Waals surface area (Å²) in [4.78, 5) is 2.59. The van der Waals surface area contributed by atoms with E-state index in [2.05, 4.69) is 44.5 Å². The molecule has 0 aliphatic carbocycles. The summed E-state index contributed by atoms with van der Waals surface area (Å²) in [5, 5.41) is 12.1. The molecule has 1 rings (SSSR count). The van der Waals surface area contributed by atoms with Crippen molar-refractivity contribution in [2.45, 2.75) is 58.0 Å². The smallest absolute Gasteiger partial charge is 0.0555 e. The molecular formula is C16H32N2O. The molecular weight excluding hydrogens is 236 g/mol. The lowest BCUT2D eigenvalue weighted by Crippen LogP contribution is -2.60. The van der Waals surface area contributed by atoms with Crippen molar-refractivity contribution < 1.29 is 5.11 Å². The predicted octanol–water partition coefficient (Wildman–Crippen LogP) is 2.41. The molecule has 0 aromatic carbocycles. The standard InChI is InChI=1S/C16H32N2O/c1-6-10-18-15(2,3)12-14(13-16(18,4)5)7-8-17-9-11-19/h6,14,17,19H,1,7-13H2,2-5H3. The lowest BCUT2D eigenvalue weighted by Gasteiger charge is -2.55. The molecule has 0 atom stereocenters. The topological polar surface area (TPSA) is 35.5 Å². The van der Waals surface area contributed by atoms with Crippen LogP contribution in [0.15, 0.2) is 12.7 Å². The molecule has 3 heteroatoms. The second kappa shape index (κ2) is 6.87. The largest absolute Gasteiger partial charge is 0.395 e. The van der Waals surface area contributed by atoms with E-state index in [4.69, 9.17) is 5.11 Å². The Morgan fingerprint density at radius 2 is 1.79 bits per heavy atom. The molecule has 0 unspecified atom stereocenters. The summed E-state index contributed by atoms with van der Waals surface area (Å²) < 4.78 is 0. The van der Waals surface area contributed by atoms with Crippen LogP contribution in [0.2, 0.25) is 0 Å². The maximum absolute atomic E-state index is 8.78. The van der Waals surface area contributed by atoms with Crippen molar-refractivity contribution in [2.24, 2.45) is 5.92 Å². The van der Waals surface area contributed by atoms with Gasteiger partial charge >= 0.3 is 0 Å². The average Bonchev–Trinajstić information content (AvgIpc) is 2.28. The number of aliphatic hydroxyl groups is 1. The number of aliphatic hydroxyl groups excluding tert-OH is 1. The first-order valence-corrected chi connectivity index (χ1v) is 7.54. The van der Waals surface area contributed by atoms with E-state index in [1.165, 1.54) is 19.3 Å². The van der Waals surface area contributed by atoms with Gasteiger partial charge in [-0.15, -0.1) is 6.58 Å². The Morgan fingerprint density at radius 3 is 2.26 bits per heavy atom. The van der Waals surface area contributed by atoms with Gasteiger partial charge in [-0.2, -0.15) is 0 Å². The third-order valence-corrected chi connectivity index (χ3v) is 4.37. The van der Waals surface area contributed by atoms with E-state index < -0.39 is 0 Å². The summed E-state index contributed by atoms with van der Waals surface area (Å²) in [7, 11) is 0. The molecule has 1 aliphatic rings. The van der Waals surface area contributed by atoms with E-state index in [0.29, 0.717) is 6.54 Å². The number of piperidine rings is 1. The monoisotopic (exact) mass is 268 g/mol. The van der Waals surface area contributed by atoms with Crippen molar-refractivity contribution in [3.63, 3.8) is 0 Å². The van der Waals surface area contributed by atoms with Gasteiger partial charge in [-0.25, -0.2) is 0 Å². The third kappa shape index (κ3) is 4.59. The Kier molecular flexibility index (Phi) is 6.03. The zero-order valence-corrected chi connectivity index (χ0v) is 13.2. The molecule has 0 spiro atoms. The molecule has 1 aliphatic heterocycles. The number of likely N-dealkylation sites (tertiary alicyclic amines) is 1. The Hall–Kier alpha value is -0.380. The summed E-state index contributed by atoms with van der Waals surface area (Å²) in [6.07, 6.45) is 5.71. The van der Waals surface area contributed by atoms with Crippen molar-refractivity contribution in [3.8, 4) is 0 Å². The molecule has 3 nitrogen and oxygen atoms in total. The number of hydrogen-bond acceptors (Lipinski definition) is 3. The van der Waals surface area contributed by atoms with Gasteiger partial charge in [-0.05, 0) is 59.4 Å². The minimum absolute atomic E-state index is 0.231. The van der Waals surface area contributed by atoms with Crippen LogP contribution in [-0.4, -0.2) is 47.3 Å². The van der Waals surface area contributed by atoms with Gasteiger partial charge in [-0.1, -0.05) is 6.08 Å². The molecule has 0 amide bonds. The average molecular weight is 268 g/mol. The number of nitrogens with zero attached hydrogens (tertiary/aromatic N) is 1. The minimum Gasteiger partial charge on any atom is -0.395 e. The van der Waals surface area contributed by atoms with Crippen LogP contribution in [0.3, 0.4) is 0 Å². The summed E-state index contributed by atoms with van der Waals surface area (Å²) in [5.74, 6) is 0.761. The second-order valence-electron chi connectivity index (χ2n) is 7.06. The quantitative estimate of drug-likeness (QED) is 0.550. The summed E-state index contributed by atoms with van der Waals surface area (Å²) in [5.41, 5.74) is 0.467. The molecule has 0 radical (unpaired) electrons. The van der Waals surface area contributed by atoms with Crippen molar-refractivity contribution >= 4 is 0 Å². The molecule has 0 aromatic rings. The first kappa shape index (κ1) is 16.7. The molecule has 1 saturated heterocycles. The van der Waals surface area contributed by atoms with Gasteiger partial charge in [-0.3, -0.25) is 4.90 Å². The second-order valence-corrected chi connectivity index (χ2v) is 7.06. The zero-order chi connectivity index (χ0) is 14.5. The van der Waals surface area contributed by atoms with E-state index in [9.17, 15) is 0 Å². The van der Waals surface area contributed by atoms with Crippen LogP contribution in [0.1, 0.15) is 47.0 Å². The Morgan fingerprint density at radius 1 is 1.21 bits per heavy atom. The van der Waals surface area contributed by atoms with E-state index >= 15 is 0 Å². The van der Waals surface area contributed by atoms with Gasteiger partial charge in [0.25, 0.3) is 0 Å². The first-order valence-electron chi connectivity index (χ1n) is 7.54. The number of nitrogens with one attached hydrogen (secondary N) is 1. The van der Waals surface area contributed by atoms with Crippen molar-refractivity contribution in [1.82, 2.24) is 10.2 Å². The van der Waals surface area contributed by atoms with Gasteiger partial charge < -0.3 is 10.4 Å². The van der Waals surface area contributed by atoms with Crippen LogP contribution in [-0.2, 0) is 0 Å². The molecule has 1 fully saturated rings. The van der Waals surface area contributed by atoms with Gasteiger partial charge in [0.2, 0.25) is 0 Å². The Bertz CT molecular complexity index is 268. The Labute approximate surface area is 119 Å². The van der Waals surface area contributed by atoms with Crippen LogP contribution in [0, 0.1) is 5.92 Å². The lowest BCUT2D eigenvalue weighted by atomic mass is 9.72. The summed E-state index contributed by atoms with van der Waals surface area (Å²) in [6.45, 7) is 16.2. The van der Waals surface area contributed by atoms with Crippen LogP contribution in [0.5, 0.6) is 0 Å². The van der Waals surface area contributed by atoms with E-state index in [1.807, 2.05) is 6.08 Å². The van der Waals surface area contributed by atoms with Gasteiger partial charge in [0, 0.05) is 24.2 Å². The van der Waals surface area contributed by atoms with Gasteiger partial charge in [0.1, 0.15) is 0 Å². The maximum atomic E-state index is 8.78. The summed E-state index contributed by atoms with van der Waals surface area (Å²) in [6, 6.07) is 0. The normalized spacial score (nSPS) is 23.4. The molecule has 0 bridgehead atoms. The van der Waals surface area contributed by atoms with Gasteiger partial charge in [0.05, 0.1) is 6.61 Å². The SMILES string of the molecule is C=CCN1C(C)(C)CC(CCNCCO)CC1(C)C. The molecule has 0 aromatic heterocycles. The van der Waals surface area contributed by atoms with Crippen molar-refractivity contribution in [1.29, 1.82) is 0 Å². The third-order valence-electron chi connectivity index (χ3n) is 4.37. The van der Waals surface area contributed by atoms with Gasteiger partial charge in [0.15, 0.2) is 0 Å². The Balaban J connectivity index is 2.59. The molecule has 19 heavy (non-hydrogen) atoms. The van der Waals surface area contributed by atoms with E-state index in [-0.39, 0.29) is 17.7 Å². The highest BCUT2D eigenvalue weighted by atomic mass is 16.3. The highest BCUT2D eigenvalue weighted by Crippen LogP contribution is 2.42. The fourth-order valence-electron chi connectivity index (χ4n) is 3.86. The predicted molar refractivity (Wildman–Crippen MR) is 82.4 cm³/mol. The van der Waals surface area contributed by atoms with Crippen LogP contribution in [0.4, 0.5) is 0 Å². The van der Waals surface area contributed by atoms with Crippen molar-refractivity contribution in [3.05, 3.63) is 12.7 Å². The highest BCUT2D eigenvalue weighted by molar-refractivity contribution is 5.01. The van der Waals surface area contributed by atoms with Crippen LogP contribution in [0.25, 0.3) is 0 Å². The van der Waals surface area contributed by atoms with Crippen LogP contribution >= 0.6 is 0 Å².